The molecule has 0 atom stereocenters. The minimum atomic E-state index is -3.10. The lowest BCUT2D eigenvalue weighted by Gasteiger charge is -2.05. The van der Waals surface area contributed by atoms with Crippen LogP contribution in [0.5, 0.6) is 0 Å². The van der Waals surface area contributed by atoms with Gasteiger partial charge >= 0.3 is 5.97 Å². The van der Waals surface area contributed by atoms with Crippen molar-refractivity contribution in [3.63, 3.8) is 0 Å². The van der Waals surface area contributed by atoms with Crippen molar-refractivity contribution in [2.45, 2.75) is 6.43 Å². The van der Waals surface area contributed by atoms with Crippen molar-refractivity contribution in [3.8, 4) is 6.07 Å². The van der Waals surface area contributed by atoms with E-state index >= 15 is 0 Å². The van der Waals surface area contributed by atoms with E-state index in [0.717, 1.165) is 6.07 Å². The molecule has 0 aliphatic heterocycles. The molecule has 1 heterocycles. The van der Waals surface area contributed by atoms with Crippen LogP contribution in [0.3, 0.4) is 0 Å². The van der Waals surface area contributed by atoms with Gasteiger partial charge in [0.15, 0.2) is 0 Å². The van der Waals surface area contributed by atoms with Gasteiger partial charge in [-0.15, -0.1) is 0 Å². The van der Waals surface area contributed by atoms with Gasteiger partial charge in [-0.05, 0) is 6.07 Å². The van der Waals surface area contributed by atoms with E-state index in [1.165, 1.54) is 6.07 Å². The second-order valence-electron chi connectivity index (χ2n) is 2.47. The molecular formula is C8H3ClF2N2O2. The van der Waals surface area contributed by atoms with E-state index in [0.29, 0.717) is 0 Å². The molecule has 1 aromatic rings. The van der Waals surface area contributed by atoms with Crippen LogP contribution in [0.1, 0.15) is 28.2 Å². The van der Waals surface area contributed by atoms with Gasteiger partial charge in [0.25, 0.3) is 6.43 Å². The molecule has 0 aliphatic carbocycles. The average molecular weight is 233 g/mol. The lowest BCUT2D eigenvalue weighted by molar-refractivity contribution is 0.0682. The van der Waals surface area contributed by atoms with Gasteiger partial charge in [-0.1, -0.05) is 11.6 Å². The second kappa shape index (κ2) is 4.19. The van der Waals surface area contributed by atoms with Crippen LogP contribution in [0.25, 0.3) is 0 Å². The lowest BCUT2D eigenvalue weighted by atomic mass is 10.1. The first-order chi connectivity index (χ1) is 6.97. The molecule has 0 unspecified atom stereocenters. The van der Waals surface area contributed by atoms with Crippen molar-refractivity contribution >= 4 is 17.6 Å². The summed E-state index contributed by atoms with van der Waals surface area (Å²) in [5.41, 5.74) is -2.11. The minimum Gasteiger partial charge on any atom is -0.478 e. The third kappa shape index (κ3) is 2.19. The van der Waals surface area contributed by atoms with Crippen molar-refractivity contribution in [1.29, 1.82) is 5.26 Å². The summed E-state index contributed by atoms with van der Waals surface area (Å²) in [4.78, 5) is 13.8. The van der Waals surface area contributed by atoms with E-state index in [1.807, 2.05) is 0 Å². The van der Waals surface area contributed by atoms with E-state index in [4.69, 9.17) is 22.0 Å². The van der Waals surface area contributed by atoms with Crippen LogP contribution in [-0.4, -0.2) is 16.1 Å². The highest BCUT2D eigenvalue weighted by Gasteiger charge is 2.23. The SMILES string of the molecule is N#Cc1cc(Cl)c(C(=O)O)c(C(F)F)n1. The monoisotopic (exact) mass is 232 g/mol. The molecule has 0 saturated heterocycles. The van der Waals surface area contributed by atoms with Crippen LogP contribution >= 0.6 is 11.6 Å². The Morgan fingerprint density at radius 3 is 2.67 bits per heavy atom. The Balaban J connectivity index is 3.51. The van der Waals surface area contributed by atoms with Gasteiger partial charge in [-0.3, -0.25) is 0 Å². The van der Waals surface area contributed by atoms with Gasteiger partial charge < -0.3 is 5.11 Å². The highest BCUT2D eigenvalue weighted by molar-refractivity contribution is 6.33. The van der Waals surface area contributed by atoms with Gasteiger partial charge in [0.2, 0.25) is 0 Å². The zero-order chi connectivity index (χ0) is 11.6. The fraction of sp³-hybridized carbons (Fsp3) is 0.125. The van der Waals surface area contributed by atoms with Crippen molar-refractivity contribution in [1.82, 2.24) is 4.98 Å². The molecule has 0 spiro atoms. The summed E-state index contributed by atoms with van der Waals surface area (Å²) in [5, 5.41) is 16.6. The first-order valence-corrected chi connectivity index (χ1v) is 3.97. The highest BCUT2D eigenvalue weighted by atomic mass is 35.5. The zero-order valence-electron chi connectivity index (χ0n) is 7.04. The molecule has 0 radical (unpaired) electrons. The predicted molar refractivity (Wildman–Crippen MR) is 45.9 cm³/mol. The van der Waals surface area contributed by atoms with E-state index in [1.54, 1.807) is 0 Å². The highest BCUT2D eigenvalue weighted by Crippen LogP contribution is 2.27. The second-order valence-corrected chi connectivity index (χ2v) is 2.87. The summed E-state index contributed by atoms with van der Waals surface area (Å²) in [6.07, 6.45) is -3.10. The Hall–Kier alpha value is -1.74. The van der Waals surface area contributed by atoms with E-state index in [2.05, 4.69) is 4.98 Å². The topological polar surface area (TPSA) is 74.0 Å². The molecule has 0 saturated carbocycles. The van der Waals surface area contributed by atoms with Crippen LogP contribution in [-0.2, 0) is 0 Å². The van der Waals surface area contributed by atoms with Crippen molar-refractivity contribution in [2.24, 2.45) is 0 Å². The van der Waals surface area contributed by atoms with Gasteiger partial charge in [0, 0.05) is 0 Å². The molecule has 1 aromatic heterocycles. The largest absolute Gasteiger partial charge is 0.478 e. The Kier molecular flexibility index (Phi) is 3.17. The van der Waals surface area contributed by atoms with Gasteiger partial charge in [0.1, 0.15) is 23.0 Å². The number of alkyl halides is 2. The maximum Gasteiger partial charge on any atom is 0.339 e. The van der Waals surface area contributed by atoms with Crippen molar-refractivity contribution in [2.75, 3.05) is 0 Å². The third-order valence-electron chi connectivity index (χ3n) is 1.53. The van der Waals surface area contributed by atoms with Gasteiger partial charge in [-0.25, -0.2) is 18.6 Å². The molecule has 0 bridgehead atoms. The van der Waals surface area contributed by atoms with Crippen LogP contribution < -0.4 is 0 Å². The number of aromatic nitrogens is 1. The quantitative estimate of drug-likeness (QED) is 0.849. The van der Waals surface area contributed by atoms with Crippen LogP contribution in [0.15, 0.2) is 6.07 Å². The van der Waals surface area contributed by atoms with E-state index in [9.17, 15) is 13.6 Å². The standard InChI is InChI=1S/C8H3ClF2N2O2/c9-4-1-3(2-12)13-6(7(10)11)5(4)8(14)15/h1,7H,(H,14,15). The lowest BCUT2D eigenvalue weighted by Crippen LogP contribution is -2.07. The number of nitrogens with zero attached hydrogens (tertiary/aromatic N) is 2. The zero-order valence-corrected chi connectivity index (χ0v) is 7.79. The summed E-state index contributed by atoms with van der Waals surface area (Å²) in [6, 6.07) is 2.43. The summed E-state index contributed by atoms with van der Waals surface area (Å²) in [5.74, 6) is -1.60. The number of carboxylic acids is 1. The molecular weight excluding hydrogens is 230 g/mol. The Labute approximate surface area is 87.7 Å². The molecule has 15 heavy (non-hydrogen) atoms. The number of aromatic carboxylic acids is 1. The van der Waals surface area contributed by atoms with E-state index < -0.39 is 28.7 Å². The fourth-order valence-corrected chi connectivity index (χ4v) is 1.24. The van der Waals surface area contributed by atoms with Gasteiger partial charge in [0.05, 0.1) is 5.02 Å². The van der Waals surface area contributed by atoms with Crippen molar-refractivity contribution < 1.29 is 18.7 Å². The van der Waals surface area contributed by atoms with Crippen LogP contribution in [0, 0.1) is 11.3 Å². The number of carboxylic acid groups (broad SMARTS) is 1. The number of rotatable bonds is 2. The normalized spacial score (nSPS) is 10.1. The van der Waals surface area contributed by atoms with E-state index in [-0.39, 0.29) is 5.69 Å². The molecule has 0 fully saturated rings. The van der Waals surface area contributed by atoms with Crippen molar-refractivity contribution in [3.05, 3.63) is 28.0 Å². The molecule has 0 amide bonds. The Morgan fingerprint density at radius 1 is 1.67 bits per heavy atom. The number of pyridine rings is 1. The maximum absolute atomic E-state index is 12.4. The molecule has 1 N–H and O–H groups in total. The molecule has 4 nitrogen and oxygen atoms in total. The Bertz CT molecular complexity index is 457. The summed E-state index contributed by atoms with van der Waals surface area (Å²) >= 11 is 5.45. The number of carbonyl (C=O) groups is 1. The average Bonchev–Trinajstić information content (AvgIpc) is 2.15. The molecule has 0 aromatic carbocycles. The molecule has 78 valence electrons. The number of halogens is 3. The molecule has 7 heteroatoms. The summed E-state index contributed by atoms with van der Waals surface area (Å²) < 4.78 is 24.8. The number of hydrogen-bond acceptors (Lipinski definition) is 3. The maximum atomic E-state index is 12.4. The minimum absolute atomic E-state index is 0.347. The summed E-state index contributed by atoms with van der Waals surface area (Å²) in [7, 11) is 0. The molecule has 0 aliphatic rings. The van der Waals surface area contributed by atoms with Crippen LogP contribution in [0.4, 0.5) is 8.78 Å². The smallest absolute Gasteiger partial charge is 0.339 e. The Morgan fingerprint density at radius 2 is 2.27 bits per heavy atom. The number of hydrogen-bond donors (Lipinski definition) is 1. The summed E-state index contributed by atoms with van der Waals surface area (Å²) in [6.45, 7) is 0. The predicted octanol–water partition coefficient (Wildman–Crippen LogP) is 2.24. The van der Waals surface area contributed by atoms with Crippen LogP contribution in [0.2, 0.25) is 5.02 Å². The van der Waals surface area contributed by atoms with Gasteiger partial charge in [-0.2, -0.15) is 5.26 Å². The third-order valence-corrected chi connectivity index (χ3v) is 1.83. The fourth-order valence-electron chi connectivity index (χ4n) is 0.959. The number of nitriles is 1. The molecule has 1 rings (SSSR count). The first kappa shape index (κ1) is 11.3. The first-order valence-electron chi connectivity index (χ1n) is 3.59.